The van der Waals surface area contributed by atoms with Crippen LogP contribution < -0.4 is 14.8 Å². The van der Waals surface area contributed by atoms with E-state index in [4.69, 9.17) is 14.2 Å². The molecule has 4 heteroatoms. The van der Waals surface area contributed by atoms with E-state index < -0.39 is 0 Å². The summed E-state index contributed by atoms with van der Waals surface area (Å²) in [4.78, 5) is 0. The van der Waals surface area contributed by atoms with Gasteiger partial charge in [0.15, 0.2) is 11.5 Å². The minimum absolute atomic E-state index is 0.138. The highest BCUT2D eigenvalue weighted by Crippen LogP contribution is 2.31. The summed E-state index contributed by atoms with van der Waals surface area (Å²) in [6.45, 7) is 10.3. The van der Waals surface area contributed by atoms with Crippen LogP contribution in [0.25, 0.3) is 0 Å². The zero-order valence-corrected chi connectivity index (χ0v) is 15.1. The summed E-state index contributed by atoms with van der Waals surface area (Å²) in [5, 5.41) is 3.73. The van der Waals surface area contributed by atoms with Gasteiger partial charge in [-0.3, -0.25) is 0 Å². The molecule has 2 atom stereocenters. The van der Waals surface area contributed by atoms with Crippen molar-refractivity contribution in [1.29, 1.82) is 0 Å². The second-order valence-corrected chi connectivity index (χ2v) is 6.70. The largest absolute Gasteiger partial charge is 0.493 e. The molecule has 0 unspecified atom stereocenters. The van der Waals surface area contributed by atoms with E-state index in [-0.39, 0.29) is 12.1 Å². The quantitative estimate of drug-likeness (QED) is 0.825. The summed E-state index contributed by atoms with van der Waals surface area (Å²) in [5.41, 5.74) is 1.22. The van der Waals surface area contributed by atoms with E-state index in [1.54, 1.807) is 7.11 Å². The Kier molecular flexibility index (Phi) is 6.72. The molecule has 2 rings (SSSR count). The van der Waals surface area contributed by atoms with Crippen LogP contribution in [-0.4, -0.2) is 32.5 Å². The molecule has 1 heterocycles. The van der Waals surface area contributed by atoms with Crippen LogP contribution in [0.2, 0.25) is 0 Å². The number of hydrogen-bond donors (Lipinski definition) is 1. The third-order valence-corrected chi connectivity index (χ3v) is 4.54. The van der Waals surface area contributed by atoms with Gasteiger partial charge in [0.25, 0.3) is 0 Å². The molecule has 0 bridgehead atoms. The van der Waals surface area contributed by atoms with Crippen molar-refractivity contribution in [2.45, 2.75) is 58.7 Å². The van der Waals surface area contributed by atoms with Gasteiger partial charge in [0.1, 0.15) is 0 Å². The summed E-state index contributed by atoms with van der Waals surface area (Å²) in [6.07, 6.45) is 2.43. The number of benzene rings is 1. The Hall–Kier alpha value is -1.26. The minimum atomic E-state index is 0.138. The van der Waals surface area contributed by atoms with E-state index in [1.807, 2.05) is 19.9 Å². The normalized spacial score (nSPS) is 18.7. The van der Waals surface area contributed by atoms with Crippen LogP contribution in [0.15, 0.2) is 18.2 Å². The fourth-order valence-electron chi connectivity index (χ4n) is 3.15. The van der Waals surface area contributed by atoms with Gasteiger partial charge in [0, 0.05) is 25.3 Å². The molecule has 1 aromatic carbocycles. The average molecular weight is 321 g/mol. The summed E-state index contributed by atoms with van der Waals surface area (Å²) >= 11 is 0. The molecule has 0 saturated carbocycles. The van der Waals surface area contributed by atoms with Crippen LogP contribution in [0.1, 0.15) is 52.1 Å². The van der Waals surface area contributed by atoms with E-state index in [0.29, 0.717) is 12.0 Å². The average Bonchev–Trinajstić information content (AvgIpc) is 2.55. The second-order valence-electron chi connectivity index (χ2n) is 6.70. The maximum atomic E-state index is 5.79. The maximum Gasteiger partial charge on any atom is 0.161 e. The van der Waals surface area contributed by atoms with Crippen molar-refractivity contribution < 1.29 is 14.2 Å². The molecule has 1 aliphatic rings. The van der Waals surface area contributed by atoms with Gasteiger partial charge in [-0.2, -0.15) is 0 Å². The SMILES string of the molecule is COc1cc([C@@H](C)N[C@@H](C)C2CCOCC2)ccc1OC(C)C. The molecule has 0 spiro atoms. The van der Waals surface area contributed by atoms with E-state index in [2.05, 4.69) is 31.3 Å². The van der Waals surface area contributed by atoms with Crippen molar-refractivity contribution in [1.82, 2.24) is 5.32 Å². The summed E-state index contributed by atoms with van der Waals surface area (Å²) < 4.78 is 16.7. The molecule has 0 amide bonds. The van der Waals surface area contributed by atoms with Crippen molar-refractivity contribution in [3.63, 3.8) is 0 Å². The van der Waals surface area contributed by atoms with E-state index >= 15 is 0 Å². The van der Waals surface area contributed by atoms with Gasteiger partial charge in [-0.1, -0.05) is 6.07 Å². The molecule has 0 radical (unpaired) electrons. The van der Waals surface area contributed by atoms with E-state index in [0.717, 1.165) is 37.6 Å². The zero-order chi connectivity index (χ0) is 16.8. The van der Waals surface area contributed by atoms with Crippen molar-refractivity contribution in [3.05, 3.63) is 23.8 Å². The number of ether oxygens (including phenoxy) is 3. The van der Waals surface area contributed by atoms with Gasteiger partial charge in [0.05, 0.1) is 13.2 Å². The highest BCUT2D eigenvalue weighted by atomic mass is 16.5. The topological polar surface area (TPSA) is 39.7 Å². The smallest absolute Gasteiger partial charge is 0.161 e. The third kappa shape index (κ3) is 5.11. The van der Waals surface area contributed by atoms with E-state index in [1.165, 1.54) is 5.56 Å². The standard InChI is InChI=1S/C19H31NO3/c1-13(2)23-18-7-6-17(12-19(18)21-5)15(4)20-14(3)16-8-10-22-11-9-16/h6-7,12-16,20H,8-11H2,1-5H3/t14-,15+/m0/s1. The number of hydrogen-bond acceptors (Lipinski definition) is 4. The van der Waals surface area contributed by atoms with Crippen LogP contribution in [-0.2, 0) is 4.74 Å². The Morgan fingerprint density at radius 3 is 2.39 bits per heavy atom. The first-order valence-electron chi connectivity index (χ1n) is 8.69. The Labute approximate surface area is 140 Å². The summed E-state index contributed by atoms with van der Waals surface area (Å²) in [6, 6.07) is 6.95. The lowest BCUT2D eigenvalue weighted by Gasteiger charge is -2.31. The van der Waals surface area contributed by atoms with Crippen LogP contribution in [0.4, 0.5) is 0 Å². The molecule has 1 fully saturated rings. The predicted molar refractivity (Wildman–Crippen MR) is 93.3 cm³/mol. The lowest BCUT2D eigenvalue weighted by atomic mass is 9.92. The molecule has 1 aromatic rings. The fraction of sp³-hybridized carbons (Fsp3) is 0.684. The molecular weight excluding hydrogens is 290 g/mol. The molecule has 1 saturated heterocycles. The molecule has 1 N–H and O–H groups in total. The third-order valence-electron chi connectivity index (χ3n) is 4.54. The number of methoxy groups -OCH3 is 1. The number of nitrogens with one attached hydrogen (secondary N) is 1. The molecule has 1 aliphatic heterocycles. The Morgan fingerprint density at radius 1 is 1.09 bits per heavy atom. The maximum absolute atomic E-state index is 5.79. The van der Waals surface area contributed by atoms with Gasteiger partial charge in [-0.15, -0.1) is 0 Å². The van der Waals surface area contributed by atoms with Gasteiger partial charge in [-0.05, 0) is 64.2 Å². The summed E-state index contributed by atoms with van der Waals surface area (Å²) in [7, 11) is 1.69. The lowest BCUT2D eigenvalue weighted by molar-refractivity contribution is 0.0547. The Balaban J connectivity index is 2.02. The Morgan fingerprint density at radius 2 is 1.78 bits per heavy atom. The molecule has 4 nitrogen and oxygen atoms in total. The van der Waals surface area contributed by atoms with Crippen molar-refractivity contribution >= 4 is 0 Å². The Bertz CT molecular complexity index is 484. The van der Waals surface area contributed by atoms with Gasteiger partial charge in [0.2, 0.25) is 0 Å². The van der Waals surface area contributed by atoms with Crippen LogP contribution >= 0.6 is 0 Å². The molecule has 0 aromatic heterocycles. The van der Waals surface area contributed by atoms with E-state index in [9.17, 15) is 0 Å². The minimum Gasteiger partial charge on any atom is -0.493 e. The zero-order valence-electron chi connectivity index (χ0n) is 15.1. The first-order valence-corrected chi connectivity index (χ1v) is 8.69. The molecule has 23 heavy (non-hydrogen) atoms. The van der Waals surface area contributed by atoms with Crippen LogP contribution in [0.5, 0.6) is 11.5 Å². The van der Waals surface area contributed by atoms with Crippen molar-refractivity contribution in [3.8, 4) is 11.5 Å². The fourth-order valence-corrected chi connectivity index (χ4v) is 3.15. The van der Waals surface area contributed by atoms with Gasteiger partial charge >= 0.3 is 0 Å². The molecule has 130 valence electrons. The second kappa shape index (κ2) is 8.55. The number of rotatable bonds is 7. The van der Waals surface area contributed by atoms with Crippen LogP contribution in [0.3, 0.4) is 0 Å². The van der Waals surface area contributed by atoms with Gasteiger partial charge in [-0.25, -0.2) is 0 Å². The lowest BCUT2D eigenvalue weighted by Crippen LogP contribution is -2.38. The monoisotopic (exact) mass is 321 g/mol. The predicted octanol–water partition coefficient (Wildman–Crippen LogP) is 3.95. The van der Waals surface area contributed by atoms with Crippen molar-refractivity contribution in [2.24, 2.45) is 5.92 Å². The molecular formula is C19H31NO3. The highest BCUT2D eigenvalue weighted by Gasteiger charge is 2.22. The van der Waals surface area contributed by atoms with Crippen LogP contribution in [0, 0.1) is 5.92 Å². The highest BCUT2D eigenvalue weighted by molar-refractivity contribution is 5.43. The first-order chi connectivity index (χ1) is 11.0. The first kappa shape index (κ1) is 18.1. The summed E-state index contributed by atoms with van der Waals surface area (Å²) in [5.74, 6) is 2.29. The van der Waals surface area contributed by atoms with Gasteiger partial charge < -0.3 is 19.5 Å². The molecule has 0 aliphatic carbocycles. The van der Waals surface area contributed by atoms with Crippen molar-refractivity contribution in [2.75, 3.05) is 20.3 Å².